The molecule has 0 N–H and O–H groups in total. The minimum absolute atomic E-state index is 0. The molecule has 2 aliphatic rings. The highest BCUT2D eigenvalue weighted by Gasteiger charge is 2.48. The normalized spacial score (nSPS) is 25.8. The van der Waals surface area contributed by atoms with Crippen LogP contribution in [0.1, 0.15) is 33.1 Å². The minimum atomic E-state index is 0. The first-order valence-electron chi connectivity index (χ1n) is 4.04. The van der Waals surface area contributed by atoms with E-state index >= 15 is 0 Å². The van der Waals surface area contributed by atoms with E-state index in [2.05, 4.69) is 14.1 Å². The zero-order valence-electron chi connectivity index (χ0n) is 6.43. The molecule has 0 aromatic rings. The lowest BCUT2D eigenvalue weighted by molar-refractivity contribution is -0.911. The van der Waals surface area contributed by atoms with Gasteiger partial charge in [-0.15, -0.1) is 0 Å². The summed E-state index contributed by atoms with van der Waals surface area (Å²) in [7, 11) is 4.80. The monoisotopic (exact) mass is 142 g/mol. The third-order valence-corrected chi connectivity index (χ3v) is 2.98. The van der Waals surface area contributed by atoms with Crippen molar-refractivity contribution in [3.63, 3.8) is 0 Å². The SMILES string of the molecule is C.C[N+](C)(C1CC1)C1CC1. The zero-order chi connectivity index (χ0) is 6.48. The number of nitrogens with zero attached hydrogens (tertiary/aromatic N) is 1. The summed E-state index contributed by atoms with van der Waals surface area (Å²) in [5, 5.41) is 0. The molecule has 60 valence electrons. The van der Waals surface area contributed by atoms with Gasteiger partial charge in [-0.25, -0.2) is 0 Å². The number of rotatable bonds is 2. The Hall–Kier alpha value is -0.0400. The van der Waals surface area contributed by atoms with Crippen molar-refractivity contribution in [2.24, 2.45) is 0 Å². The summed E-state index contributed by atoms with van der Waals surface area (Å²) >= 11 is 0. The van der Waals surface area contributed by atoms with Crippen molar-refractivity contribution >= 4 is 0 Å². The van der Waals surface area contributed by atoms with Gasteiger partial charge in [0.05, 0.1) is 26.2 Å². The van der Waals surface area contributed by atoms with Crippen molar-refractivity contribution in [1.82, 2.24) is 0 Å². The second-order valence-corrected chi connectivity index (χ2v) is 4.09. The van der Waals surface area contributed by atoms with E-state index in [0.29, 0.717) is 0 Å². The van der Waals surface area contributed by atoms with Gasteiger partial charge >= 0.3 is 0 Å². The molecule has 0 heterocycles. The molecule has 0 radical (unpaired) electrons. The van der Waals surface area contributed by atoms with E-state index in [0.717, 1.165) is 12.1 Å². The molecule has 0 unspecified atom stereocenters. The number of hydrogen-bond acceptors (Lipinski definition) is 0. The van der Waals surface area contributed by atoms with Crippen LogP contribution in [-0.4, -0.2) is 30.7 Å². The average molecular weight is 142 g/mol. The van der Waals surface area contributed by atoms with Crippen molar-refractivity contribution in [2.45, 2.75) is 45.2 Å². The van der Waals surface area contributed by atoms with E-state index in [1.807, 2.05) is 0 Å². The van der Waals surface area contributed by atoms with Gasteiger partial charge in [-0.3, -0.25) is 0 Å². The molecule has 2 fully saturated rings. The van der Waals surface area contributed by atoms with Crippen LogP contribution in [0.3, 0.4) is 0 Å². The lowest BCUT2D eigenvalue weighted by Gasteiger charge is -2.29. The molecule has 0 spiro atoms. The molecule has 2 rings (SSSR count). The van der Waals surface area contributed by atoms with Crippen molar-refractivity contribution in [3.8, 4) is 0 Å². The van der Waals surface area contributed by atoms with E-state index in [9.17, 15) is 0 Å². The summed E-state index contributed by atoms with van der Waals surface area (Å²) in [5.41, 5.74) is 0. The molecule has 1 nitrogen and oxygen atoms in total. The Morgan fingerprint density at radius 2 is 1.20 bits per heavy atom. The summed E-state index contributed by atoms with van der Waals surface area (Å²) in [6.07, 6.45) is 5.96. The molecule has 0 aliphatic heterocycles. The fourth-order valence-electron chi connectivity index (χ4n) is 1.78. The molecule has 0 amide bonds. The number of quaternary nitrogens is 1. The topological polar surface area (TPSA) is 0 Å². The predicted octanol–water partition coefficient (Wildman–Crippen LogP) is 2.02. The van der Waals surface area contributed by atoms with Gasteiger partial charge in [0.1, 0.15) is 0 Å². The van der Waals surface area contributed by atoms with Crippen LogP contribution in [0.2, 0.25) is 0 Å². The first-order valence-corrected chi connectivity index (χ1v) is 4.04. The van der Waals surface area contributed by atoms with Gasteiger partial charge in [0.15, 0.2) is 0 Å². The second kappa shape index (κ2) is 2.23. The highest BCUT2D eigenvalue weighted by molar-refractivity contribution is 4.82. The average Bonchev–Trinajstić information content (AvgIpc) is 2.62. The van der Waals surface area contributed by atoms with E-state index in [1.54, 1.807) is 0 Å². The van der Waals surface area contributed by atoms with Gasteiger partial charge in [-0.05, 0) is 0 Å². The lowest BCUT2D eigenvalue weighted by Crippen LogP contribution is -2.43. The molecular formula is C9H20N+. The molecule has 0 aromatic heterocycles. The van der Waals surface area contributed by atoms with Crippen LogP contribution in [0.15, 0.2) is 0 Å². The maximum absolute atomic E-state index is 2.40. The molecule has 0 saturated heterocycles. The van der Waals surface area contributed by atoms with Crippen LogP contribution in [-0.2, 0) is 0 Å². The van der Waals surface area contributed by atoms with Crippen molar-refractivity contribution < 1.29 is 4.48 Å². The Kier molecular flexibility index (Phi) is 1.80. The summed E-state index contributed by atoms with van der Waals surface area (Å²) < 4.78 is 1.33. The van der Waals surface area contributed by atoms with Gasteiger partial charge in [0.25, 0.3) is 0 Å². The first-order chi connectivity index (χ1) is 4.21. The van der Waals surface area contributed by atoms with Gasteiger partial charge < -0.3 is 4.48 Å². The minimum Gasteiger partial charge on any atom is -0.324 e. The van der Waals surface area contributed by atoms with Crippen molar-refractivity contribution in [2.75, 3.05) is 14.1 Å². The summed E-state index contributed by atoms with van der Waals surface area (Å²) in [4.78, 5) is 0. The highest BCUT2D eigenvalue weighted by Crippen LogP contribution is 2.41. The molecule has 1 heteroatoms. The molecule has 2 aliphatic carbocycles. The summed E-state index contributed by atoms with van der Waals surface area (Å²) in [6.45, 7) is 0. The molecule has 10 heavy (non-hydrogen) atoms. The lowest BCUT2D eigenvalue weighted by atomic mass is 10.4. The zero-order valence-corrected chi connectivity index (χ0v) is 6.43. The van der Waals surface area contributed by atoms with Crippen LogP contribution < -0.4 is 0 Å². The van der Waals surface area contributed by atoms with E-state index in [1.165, 1.54) is 30.2 Å². The van der Waals surface area contributed by atoms with Crippen molar-refractivity contribution in [1.29, 1.82) is 0 Å². The van der Waals surface area contributed by atoms with E-state index in [4.69, 9.17) is 0 Å². The van der Waals surface area contributed by atoms with Gasteiger partial charge in [0, 0.05) is 25.7 Å². The molecule has 0 bridgehead atoms. The standard InChI is InChI=1S/C8H16N.CH4/c1-9(2,7-3-4-7)8-5-6-8;/h7-8H,3-6H2,1-2H3;1H4/q+1;. The fourth-order valence-corrected chi connectivity index (χ4v) is 1.78. The van der Waals surface area contributed by atoms with E-state index in [-0.39, 0.29) is 7.43 Å². The van der Waals surface area contributed by atoms with Gasteiger partial charge in [-0.1, -0.05) is 7.43 Å². The Morgan fingerprint density at radius 3 is 1.40 bits per heavy atom. The third kappa shape index (κ3) is 1.20. The Morgan fingerprint density at radius 1 is 0.900 bits per heavy atom. The predicted molar refractivity (Wildman–Crippen MR) is 44.9 cm³/mol. The quantitative estimate of drug-likeness (QED) is 0.517. The number of hydrogen-bond donors (Lipinski definition) is 0. The maximum Gasteiger partial charge on any atom is 0.0892 e. The maximum atomic E-state index is 2.40. The largest absolute Gasteiger partial charge is 0.324 e. The van der Waals surface area contributed by atoms with Crippen LogP contribution in [0, 0.1) is 0 Å². The smallest absolute Gasteiger partial charge is 0.0892 e. The van der Waals surface area contributed by atoms with Gasteiger partial charge in [0.2, 0.25) is 0 Å². The first kappa shape index (κ1) is 8.06. The molecule has 0 atom stereocenters. The summed E-state index contributed by atoms with van der Waals surface area (Å²) in [6, 6.07) is 2.08. The molecular weight excluding hydrogens is 122 g/mol. The van der Waals surface area contributed by atoms with Gasteiger partial charge in [-0.2, -0.15) is 0 Å². The van der Waals surface area contributed by atoms with E-state index < -0.39 is 0 Å². The Labute approximate surface area is 64.6 Å². The fraction of sp³-hybridized carbons (Fsp3) is 1.00. The third-order valence-electron chi connectivity index (χ3n) is 2.98. The molecule has 0 aromatic carbocycles. The highest BCUT2D eigenvalue weighted by atomic mass is 15.4. The van der Waals surface area contributed by atoms with Crippen LogP contribution in [0.25, 0.3) is 0 Å². The van der Waals surface area contributed by atoms with Crippen LogP contribution in [0.4, 0.5) is 0 Å². The second-order valence-electron chi connectivity index (χ2n) is 4.09. The Bertz CT molecular complexity index is 107. The molecule has 2 saturated carbocycles. The summed E-state index contributed by atoms with van der Waals surface area (Å²) in [5.74, 6) is 0. The Balaban J connectivity index is 0.000000500. The van der Waals surface area contributed by atoms with Crippen LogP contribution in [0.5, 0.6) is 0 Å². The van der Waals surface area contributed by atoms with Crippen LogP contribution >= 0.6 is 0 Å². The van der Waals surface area contributed by atoms with Crippen molar-refractivity contribution in [3.05, 3.63) is 0 Å².